The van der Waals surface area contributed by atoms with Gasteiger partial charge in [-0.15, -0.1) is 11.3 Å². The minimum Gasteiger partial charge on any atom is -0.396 e. The Kier molecular flexibility index (Phi) is 3.13. The van der Waals surface area contributed by atoms with Gasteiger partial charge in [-0.1, -0.05) is 0 Å². The molecule has 0 unspecified atom stereocenters. The number of nitrogens with two attached hydrogens (primary N) is 1. The highest BCUT2D eigenvalue weighted by Gasteiger charge is 2.15. The Morgan fingerprint density at radius 3 is 2.39 bits per heavy atom. The first-order valence-electron chi connectivity index (χ1n) is 4.90. The third-order valence-electron chi connectivity index (χ3n) is 2.26. The number of hydrogen-bond acceptors (Lipinski definition) is 5. The molecule has 0 aliphatic heterocycles. The largest absolute Gasteiger partial charge is 0.396 e. The van der Waals surface area contributed by atoms with Crippen molar-refractivity contribution in [3.63, 3.8) is 0 Å². The van der Waals surface area contributed by atoms with Gasteiger partial charge in [-0.25, -0.2) is 4.39 Å². The lowest BCUT2D eigenvalue weighted by molar-refractivity contribution is 0.628. The molecular weight excluding hydrogens is 251 g/mol. The van der Waals surface area contributed by atoms with Gasteiger partial charge >= 0.3 is 0 Å². The lowest BCUT2D eigenvalue weighted by atomic mass is 10.2. The Morgan fingerprint density at radius 1 is 1.17 bits per heavy atom. The van der Waals surface area contributed by atoms with E-state index in [1.54, 1.807) is 12.1 Å². The fraction of sp³-hybridized carbons (Fsp3) is 0. The number of nitriles is 2. The van der Waals surface area contributed by atoms with Crippen LogP contribution in [-0.2, 0) is 0 Å². The van der Waals surface area contributed by atoms with Crippen LogP contribution >= 0.6 is 11.3 Å². The van der Waals surface area contributed by atoms with Crippen molar-refractivity contribution < 1.29 is 4.39 Å². The van der Waals surface area contributed by atoms with Gasteiger partial charge in [0.25, 0.3) is 0 Å². The van der Waals surface area contributed by atoms with Gasteiger partial charge in [0.15, 0.2) is 0 Å². The van der Waals surface area contributed by atoms with Gasteiger partial charge in [-0.05, 0) is 24.3 Å². The van der Waals surface area contributed by atoms with Crippen molar-refractivity contribution in [2.75, 3.05) is 11.1 Å². The Hall–Kier alpha value is -2.57. The summed E-state index contributed by atoms with van der Waals surface area (Å²) in [6.07, 6.45) is 0. The zero-order chi connectivity index (χ0) is 13.1. The molecule has 2 aromatic rings. The summed E-state index contributed by atoms with van der Waals surface area (Å²) in [5.41, 5.74) is 6.70. The molecule has 0 fully saturated rings. The van der Waals surface area contributed by atoms with E-state index in [0.717, 1.165) is 11.3 Å². The van der Waals surface area contributed by atoms with Crippen LogP contribution in [-0.4, -0.2) is 0 Å². The Balaban J connectivity index is 2.38. The number of nitrogens with one attached hydrogen (secondary N) is 1. The molecule has 0 amide bonds. The van der Waals surface area contributed by atoms with Gasteiger partial charge in [0.1, 0.15) is 33.4 Å². The van der Waals surface area contributed by atoms with E-state index < -0.39 is 0 Å². The normalized spacial score (nSPS) is 9.50. The maximum atomic E-state index is 12.8. The van der Waals surface area contributed by atoms with Crippen molar-refractivity contribution in [1.29, 1.82) is 10.5 Å². The van der Waals surface area contributed by atoms with E-state index >= 15 is 0 Å². The SMILES string of the molecule is N#Cc1sc(Nc2ccc(F)cc2)c(C#N)c1N. The van der Waals surface area contributed by atoms with E-state index in [1.807, 2.05) is 12.1 Å². The lowest BCUT2D eigenvalue weighted by Gasteiger charge is -2.03. The van der Waals surface area contributed by atoms with Crippen LogP contribution in [0.25, 0.3) is 0 Å². The first-order chi connectivity index (χ1) is 8.65. The minimum absolute atomic E-state index is 0.176. The van der Waals surface area contributed by atoms with E-state index in [-0.39, 0.29) is 21.9 Å². The summed E-state index contributed by atoms with van der Waals surface area (Å²) in [4.78, 5) is 0.288. The van der Waals surface area contributed by atoms with E-state index in [4.69, 9.17) is 16.3 Å². The molecule has 0 spiro atoms. The summed E-state index contributed by atoms with van der Waals surface area (Å²) in [6.45, 7) is 0. The molecule has 0 saturated heterocycles. The standard InChI is InChI=1S/C12H7FN4S/c13-7-1-3-8(4-2-7)17-12-9(5-14)11(16)10(6-15)18-12/h1-4,17H,16H2. The smallest absolute Gasteiger partial charge is 0.131 e. The number of thiophene rings is 1. The van der Waals surface area contributed by atoms with Gasteiger partial charge in [0.2, 0.25) is 0 Å². The monoisotopic (exact) mass is 258 g/mol. The number of nitrogens with zero attached hydrogens (tertiary/aromatic N) is 2. The molecule has 88 valence electrons. The van der Waals surface area contributed by atoms with Crippen LogP contribution in [0.5, 0.6) is 0 Å². The van der Waals surface area contributed by atoms with Crippen LogP contribution in [0.4, 0.5) is 20.8 Å². The van der Waals surface area contributed by atoms with Crippen LogP contribution in [0.2, 0.25) is 0 Å². The van der Waals surface area contributed by atoms with Gasteiger partial charge in [0.05, 0.1) is 5.69 Å². The van der Waals surface area contributed by atoms with Crippen LogP contribution in [0.15, 0.2) is 24.3 Å². The van der Waals surface area contributed by atoms with Gasteiger partial charge in [-0.2, -0.15) is 10.5 Å². The highest BCUT2D eigenvalue weighted by Crippen LogP contribution is 2.36. The molecule has 0 radical (unpaired) electrons. The van der Waals surface area contributed by atoms with Crippen molar-refractivity contribution in [2.45, 2.75) is 0 Å². The van der Waals surface area contributed by atoms with E-state index in [1.165, 1.54) is 12.1 Å². The molecule has 0 aliphatic carbocycles. The van der Waals surface area contributed by atoms with E-state index in [9.17, 15) is 4.39 Å². The molecule has 6 heteroatoms. The second-order valence-corrected chi connectivity index (χ2v) is 4.43. The molecule has 0 aliphatic rings. The Bertz CT molecular complexity index is 661. The fourth-order valence-corrected chi connectivity index (χ4v) is 2.28. The molecule has 0 bridgehead atoms. The fourth-order valence-electron chi connectivity index (χ4n) is 1.39. The Labute approximate surface area is 107 Å². The third-order valence-corrected chi connectivity index (χ3v) is 3.29. The zero-order valence-corrected chi connectivity index (χ0v) is 9.88. The topological polar surface area (TPSA) is 85.6 Å². The maximum Gasteiger partial charge on any atom is 0.131 e. The van der Waals surface area contributed by atoms with Gasteiger partial charge in [-0.3, -0.25) is 0 Å². The second-order valence-electron chi connectivity index (χ2n) is 3.40. The minimum atomic E-state index is -0.343. The van der Waals surface area contributed by atoms with E-state index in [0.29, 0.717) is 10.7 Å². The van der Waals surface area contributed by atoms with Gasteiger partial charge in [0, 0.05) is 5.69 Å². The number of rotatable bonds is 2. The van der Waals surface area contributed by atoms with Gasteiger partial charge < -0.3 is 11.1 Å². The molecular formula is C12H7FN4S. The molecule has 0 saturated carbocycles. The van der Waals surface area contributed by atoms with Crippen LogP contribution in [0.3, 0.4) is 0 Å². The number of hydrogen-bond donors (Lipinski definition) is 2. The van der Waals surface area contributed by atoms with Crippen LogP contribution in [0.1, 0.15) is 10.4 Å². The highest BCUT2D eigenvalue weighted by molar-refractivity contribution is 7.17. The zero-order valence-electron chi connectivity index (χ0n) is 9.07. The summed E-state index contributed by atoms with van der Waals surface area (Å²) in [5.74, 6) is -0.343. The number of benzene rings is 1. The van der Waals surface area contributed by atoms with Crippen molar-refractivity contribution in [3.8, 4) is 12.1 Å². The Morgan fingerprint density at radius 2 is 1.83 bits per heavy atom. The molecule has 1 aromatic carbocycles. The summed E-state index contributed by atoms with van der Waals surface area (Å²) < 4.78 is 12.8. The van der Waals surface area contributed by atoms with Crippen molar-refractivity contribution >= 4 is 27.7 Å². The molecule has 1 heterocycles. The molecule has 18 heavy (non-hydrogen) atoms. The van der Waals surface area contributed by atoms with Crippen LogP contribution in [0, 0.1) is 28.5 Å². The summed E-state index contributed by atoms with van der Waals surface area (Å²) in [7, 11) is 0. The van der Waals surface area contributed by atoms with Crippen molar-refractivity contribution in [2.24, 2.45) is 0 Å². The predicted octanol–water partition coefficient (Wildman–Crippen LogP) is 2.96. The average molecular weight is 258 g/mol. The molecule has 1 aromatic heterocycles. The average Bonchev–Trinajstić information content (AvgIpc) is 2.68. The molecule has 3 N–H and O–H groups in total. The highest BCUT2D eigenvalue weighted by atomic mass is 32.1. The first kappa shape index (κ1) is 11.9. The molecule has 4 nitrogen and oxygen atoms in total. The van der Waals surface area contributed by atoms with Crippen LogP contribution < -0.4 is 11.1 Å². The van der Waals surface area contributed by atoms with E-state index in [2.05, 4.69) is 5.32 Å². The first-order valence-corrected chi connectivity index (χ1v) is 5.72. The lowest BCUT2D eigenvalue weighted by Crippen LogP contribution is -1.92. The molecule has 0 atom stereocenters. The summed E-state index contributed by atoms with van der Waals surface area (Å²) >= 11 is 1.10. The van der Waals surface area contributed by atoms with Crippen molar-refractivity contribution in [3.05, 3.63) is 40.5 Å². The summed E-state index contributed by atoms with van der Waals surface area (Å²) in [6, 6.07) is 9.56. The number of nitrogen functional groups attached to an aromatic ring is 1. The second kappa shape index (κ2) is 4.74. The molecule has 2 rings (SSSR count). The third kappa shape index (κ3) is 2.10. The predicted molar refractivity (Wildman–Crippen MR) is 67.8 cm³/mol. The maximum absolute atomic E-state index is 12.8. The quantitative estimate of drug-likeness (QED) is 0.867. The summed E-state index contributed by atoms with van der Waals surface area (Å²) in [5, 5.41) is 21.3. The number of anilines is 3. The number of halogens is 1. The van der Waals surface area contributed by atoms with Crippen molar-refractivity contribution in [1.82, 2.24) is 0 Å².